The molecular weight excluding hydrogens is 538 g/mol. The van der Waals surface area contributed by atoms with Crippen LogP contribution in [-0.4, -0.2) is 36.6 Å². The molecule has 1 amide bonds. The summed E-state index contributed by atoms with van der Waals surface area (Å²) < 4.78 is 11.7. The molecule has 0 saturated carbocycles. The van der Waals surface area contributed by atoms with Crippen LogP contribution >= 0.6 is 0 Å². The van der Waals surface area contributed by atoms with E-state index in [-0.39, 0.29) is 12.5 Å². The van der Waals surface area contributed by atoms with Crippen molar-refractivity contribution in [2.24, 2.45) is 0 Å². The van der Waals surface area contributed by atoms with Gasteiger partial charge in [-0.1, -0.05) is 126 Å². The summed E-state index contributed by atoms with van der Waals surface area (Å²) in [6, 6.07) is 25.7. The van der Waals surface area contributed by atoms with Crippen molar-refractivity contribution in [1.82, 2.24) is 5.32 Å². The lowest BCUT2D eigenvalue weighted by molar-refractivity contribution is 0.00274. The Kier molecular flexibility index (Phi) is 15.7. The van der Waals surface area contributed by atoms with Crippen LogP contribution in [0, 0.1) is 0 Å². The number of amides is 1. The van der Waals surface area contributed by atoms with Crippen molar-refractivity contribution in [3.05, 3.63) is 108 Å². The third-order valence-corrected chi connectivity index (χ3v) is 7.56. The number of ether oxygens (including phenoxy) is 2. The topological polar surface area (TPSA) is 81.7 Å². The summed E-state index contributed by atoms with van der Waals surface area (Å²) in [5, 5.41) is 2.99. The van der Waals surface area contributed by atoms with Crippen LogP contribution in [-0.2, 0) is 9.47 Å². The van der Waals surface area contributed by atoms with Gasteiger partial charge in [0, 0.05) is 5.56 Å². The van der Waals surface area contributed by atoms with E-state index in [0.717, 1.165) is 19.3 Å². The van der Waals surface area contributed by atoms with Gasteiger partial charge in [0.2, 0.25) is 0 Å². The summed E-state index contributed by atoms with van der Waals surface area (Å²) in [4.78, 5) is 39.1. The molecule has 0 fully saturated rings. The quantitative estimate of drug-likeness (QED) is 0.106. The molecule has 0 heterocycles. The molecule has 3 rings (SSSR count). The molecule has 3 aromatic rings. The van der Waals surface area contributed by atoms with Crippen LogP contribution in [0.5, 0.6) is 0 Å². The maximum atomic E-state index is 13.2. The normalized spacial score (nSPS) is 12.2. The average Bonchev–Trinajstić information content (AvgIpc) is 3.05. The van der Waals surface area contributed by atoms with Crippen molar-refractivity contribution in [3.63, 3.8) is 0 Å². The van der Waals surface area contributed by atoms with Crippen LogP contribution in [0.1, 0.15) is 115 Å². The fourth-order valence-electron chi connectivity index (χ4n) is 5.04. The molecule has 6 heteroatoms. The zero-order valence-electron chi connectivity index (χ0n) is 25.5. The molecule has 230 valence electrons. The second kappa shape index (κ2) is 20.1. The van der Waals surface area contributed by atoms with Crippen LogP contribution in [0.4, 0.5) is 0 Å². The lowest BCUT2D eigenvalue weighted by Gasteiger charge is -2.28. The first-order chi connectivity index (χ1) is 21.1. The van der Waals surface area contributed by atoms with E-state index < -0.39 is 24.1 Å². The Morgan fingerprint density at radius 3 is 1.53 bits per heavy atom. The van der Waals surface area contributed by atoms with Gasteiger partial charge < -0.3 is 14.8 Å². The van der Waals surface area contributed by atoms with Gasteiger partial charge in [-0.25, -0.2) is 9.59 Å². The first-order valence-electron chi connectivity index (χ1n) is 15.9. The van der Waals surface area contributed by atoms with E-state index in [2.05, 4.69) is 12.2 Å². The van der Waals surface area contributed by atoms with Crippen LogP contribution in [0.2, 0.25) is 0 Å². The third-order valence-electron chi connectivity index (χ3n) is 7.56. The van der Waals surface area contributed by atoms with Crippen molar-refractivity contribution in [2.75, 3.05) is 6.61 Å². The van der Waals surface area contributed by atoms with Crippen LogP contribution < -0.4 is 5.32 Å². The van der Waals surface area contributed by atoms with Crippen LogP contribution in [0.3, 0.4) is 0 Å². The van der Waals surface area contributed by atoms with Gasteiger partial charge in [0.05, 0.1) is 11.1 Å². The van der Waals surface area contributed by atoms with E-state index in [0.29, 0.717) is 23.1 Å². The summed E-state index contributed by atoms with van der Waals surface area (Å²) in [7, 11) is 0. The standard InChI is InChI=1S/C37H47NO5/c1-2-3-4-5-6-7-8-9-10-11-21-28-34(43-37(41)32-26-19-14-20-27-32)33(38-35(39)30-22-15-12-16-23-30)29-42-36(40)31-24-17-13-18-25-31/h12-20,22-27,33-34H,2-11,21,28-29H2,1H3,(H,38,39)/t33-,34+/m0/s1. The highest BCUT2D eigenvalue weighted by Crippen LogP contribution is 2.18. The van der Waals surface area contributed by atoms with Crippen molar-refractivity contribution < 1.29 is 23.9 Å². The van der Waals surface area contributed by atoms with Crippen molar-refractivity contribution >= 4 is 17.8 Å². The molecule has 1 N–H and O–H groups in total. The summed E-state index contributed by atoms with van der Waals surface area (Å²) >= 11 is 0. The molecule has 0 radical (unpaired) electrons. The van der Waals surface area contributed by atoms with Crippen LogP contribution in [0.25, 0.3) is 0 Å². The Morgan fingerprint density at radius 1 is 0.581 bits per heavy atom. The van der Waals surface area contributed by atoms with Crippen molar-refractivity contribution in [1.29, 1.82) is 0 Å². The van der Waals surface area contributed by atoms with Gasteiger partial charge >= 0.3 is 11.9 Å². The molecule has 0 unspecified atom stereocenters. The number of benzene rings is 3. The smallest absolute Gasteiger partial charge is 0.338 e. The van der Waals surface area contributed by atoms with Gasteiger partial charge in [-0.2, -0.15) is 0 Å². The monoisotopic (exact) mass is 585 g/mol. The Morgan fingerprint density at radius 2 is 1.02 bits per heavy atom. The molecule has 0 aliphatic carbocycles. The first-order valence-corrected chi connectivity index (χ1v) is 15.9. The molecule has 0 aromatic heterocycles. The number of carbonyl (C=O) groups excluding carboxylic acids is 3. The minimum absolute atomic E-state index is 0.128. The number of unbranched alkanes of at least 4 members (excludes halogenated alkanes) is 10. The number of carbonyl (C=O) groups is 3. The second-order valence-electron chi connectivity index (χ2n) is 11.0. The molecule has 43 heavy (non-hydrogen) atoms. The Labute approximate surface area is 257 Å². The van der Waals surface area contributed by atoms with Gasteiger partial charge in [-0.05, 0) is 49.2 Å². The fraction of sp³-hybridized carbons (Fsp3) is 0.432. The minimum Gasteiger partial charge on any atom is -0.460 e. The average molecular weight is 586 g/mol. The molecule has 0 bridgehead atoms. The largest absolute Gasteiger partial charge is 0.460 e. The maximum Gasteiger partial charge on any atom is 0.338 e. The minimum atomic E-state index is -0.726. The van der Waals surface area contributed by atoms with Gasteiger partial charge in [0.15, 0.2) is 0 Å². The van der Waals surface area contributed by atoms with Gasteiger partial charge in [-0.3, -0.25) is 4.79 Å². The maximum absolute atomic E-state index is 13.2. The molecular formula is C37H47NO5. The Bertz CT molecular complexity index is 1200. The number of hydrogen-bond donors (Lipinski definition) is 1. The van der Waals surface area contributed by atoms with Crippen molar-refractivity contribution in [3.8, 4) is 0 Å². The lowest BCUT2D eigenvalue weighted by Crippen LogP contribution is -2.48. The van der Waals surface area contributed by atoms with E-state index in [1.54, 1.807) is 72.8 Å². The molecule has 6 nitrogen and oxygen atoms in total. The fourth-order valence-corrected chi connectivity index (χ4v) is 5.04. The van der Waals surface area contributed by atoms with Gasteiger partial charge in [0.1, 0.15) is 18.8 Å². The number of rotatable bonds is 20. The number of hydrogen-bond acceptors (Lipinski definition) is 5. The molecule has 0 aliphatic heterocycles. The number of esters is 2. The predicted molar refractivity (Wildman–Crippen MR) is 171 cm³/mol. The first kappa shape index (κ1) is 33.6. The summed E-state index contributed by atoms with van der Waals surface area (Å²) in [5.74, 6) is -1.29. The van der Waals surface area contributed by atoms with Gasteiger partial charge in [-0.15, -0.1) is 0 Å². The van der Waals surface area contributed by atoms with E-state index in [1.807, 2.05) is 18.2 Å². The Balaban J connectivity index is 1.65. The van der Waals surface area contributed by atoms with Gasteiger partial charge in [0.25, 0.3) is 5.91 Å². The summed E-state index contributed by atoms with van der Waals surface area (Å²) in [6.07, 6.45) is 13.1. The third kappa shape index (κ3) is 12.9. The van der Waals surface area contributed by atoms with Crippen molar-refractivity contribution in [2.45, 2.75) is 96.1 Å². The highest BCUT2D eigenvalue weighted by Gasteiger charge is 2.29. The molecule has 3 aromatic carbocycles. The molecule has 0 saturated heterocycles. The summed E-state index contributed by atoms with van der Waals surface area (Å²) in [6.45, 7) is 2.11. The highest BCUT2D eigenvalue weighted by atomic mass is 16.6. The molecule has 0 spiro atoms. The second-order valence-corrected chi connectivity index (χ2v) is 11.0. The van der Waals surface area contributed by atoms with E-state index >= 15 is 0 Å². The predicted octanol–water partition coefficient (Wildman–Crippen LogP) is 8.57. The SMILES string of the molecule is CCCCCCCCCCCCC[C@@H](OC(=O)c1ccccc1)[C@H](COC(=O)c1ccccc1)NC(=O)c1ccccc1. The highest BCUT2D eigenvalue weighted by molar-refractivity contribution is 5.94. The lowest BCUT2D eigenvalue weighted by atomic mass is 10.0. The van der Waals surface area contributed by atoms with E-state index in [4.69, 9.17) is 9.47 Å². The summed E-state index contributed by atoms with van der Waals surface area (Å²) in [5.41, 5.74) is 1.32. The molecule has 0 aliphatic rings. The zero-order valence-corrected chi connectivity index (χ0v) is 25.5. The molecule has 2 atom stereocenters. The van der Waals surface area contributed by atoms with Crippen LogP contribution in [0.15, 0.2) is 91.0 Å². The van der Waals surface area contributed by atoms with E-state index in [9.17, 15) is 14.4 Å². The number of nitrogens with one attached hydrogen (secondary N) is 1. The van der Waals surface area contributed by atoms with E-state index in [1.165, 1.54) is 51.4 Å². The Hall–Kier alpha value is -3.93. The zero-order chi connectivity index (χ0) is 30.5.